The fourth-order valence-electron chi connectivity index (χ4n) is 7.91. The molecule has 3 aromatic carbocycles. The van der Waals surface area contributed by atoms with E-state index >= 15 is 0 Å². The topological polar surface area (TPSA) is 93.2 Å². The van der Waals surface area contributed by atoms with Gasteiger partial charge in [-0.2, -0.15) is 0 Å². The van der Waals surface area contributed by atoms with Crippen LogP contribution in [0, 0.1) is 29.6 Å². The fraction of sp³-hybridized carbons (Fsp3) is 0.333. The highest BCUT2D eigenvalue weighted by Gasteiger charge is 2.75. The second-order valence-corrected chi connectivity index (χ2v) is 11.9. The number of nitrogens with zero attached hydrogens (tertiary/aromatic N) is 2. The third-order valence-electron chi connectivity index (χ3n) is 9.56. The number of anilines is 2. The molecule has 2 unspecified atom stereocenters. The first kappa shape index (κ1) is 28.1. The molecule has 8 nitrogen and oxygen atoms in total. The van der Waals surface area contributed by atoms with Crippen molar-refractivity contribution in [3.8, 4) is 11.5 Å². The highest BCUT2D eigenvalue weighted by atomic mass is 16.5. The molecule has 2 heterocycles. The first-order valence-electron chi connectivity index (χ1n) is 15.4. The molecular weight excluding hydrogens is 556 g/mol. The predicted molar refractivity (Wildman–Crippen MR) is 164 cm³/mol. The van der Waals surface area contributed by atoms with Crippen molar-refractivity contribution in [1.29, 1.82) is 0 Å². The Morgan fingerprint density at radius 3 is 1.55 bits per heavy atom. The van der Waals surface area contributed by atoms with Crippen molar-refractivity contribution in [3.05, 3.63) is 96.6 Å². The number of ether oxygens (including phenoxy) is 2. The number of para-hydroxylation sites is 4. The van der Waals surface area contributed by atoms with E-state index in [0.717, 1.165) is 18.4 Å². The van der Waals surface area contributed by atoms with Crippen molar-refractivity contribution in [2.75, 3.05) is 23.0 Å². The Morgan fingerprint density at radius 2 is 1.07 bits per heavy atom. The van der Waals surface area contributed by atoms with Crippen LogP contribution in [-0.2, 0) is 24.6 Å². The molecule has 5 aliphatic rings. The van der Waals surface area contributed by atoms with E-state index in [1.807, 2.05) is 68.5 Å². The van der Waals surface area contributed by atoms with Gasteiger partial charge in [0.05, 0.1) is 48.3 Å². The predicted octanol–water partition coefficient (Wildman–Crippen LogP) is 5.31. The highest BCUT2D eigenvalue weighted by molar-refractivity contribution is 6.27. The van der Waals surface area contributed by atoms with E-state index in [4.69, 9.17) is 9.47 Å². The second kappa shape index (κ2) is 10.8. The molecule has 3 aromatic rings. The first-order chi connectivity index (χ1) is 21.5. The normalized spacial score (nSPS) is 28.5. The van der Waals surface area contributed by atoms with Gasteiger partial charge in [0.2, 0.25) is 23.6 Å². The molecule has 6 atom stereocenters. The van der Waals surface area contributed by atoms with Gasteiger partial charge >= 0.3 is 0 Å². The molecule has 3 fully saturated rings. The number of hydrogen-bond acceptors (Lipinski definition) is 6. The lowest BCUT2D eigenvalue weighted by molar-refractivity contribution is -0.140. The van der Waals surface area contributed by atoms with E-state index in [-0.39, 0.29) is 23.6 Å². The Hall–Kier alpha value is -4.72. The minimum atomic E-state index is -1.20. The van der Waals surface area contributed by atoms with Crippen molar-refractivity contribution < 1.29 is 28.7 Å². The molecule has 4 amide bonds. The van der Waals surface area contributed by atoms with Gasteiger partial charge in [-0.3, -0.25) is 19.2 Å². The van der Waals surface area contributed by atoms with Gasteiger partial charge in [-0.25, -0.2) is 9.80 Å². The van der Waals surface area contributed by atoms with Crippen LogP contribution in [-0.4, -0.2) is 36.8 Å². The summed E-state index contributed by atoms with van der Waals surface area (Å²) in [6, 6.07) is 23.5. The fourth-order valence-corrected chi connectivity index (χ4v) is 7.91. The van der Waals surface area contributed by atoms with Crippen molar-refractivity contribution in [1.82, 2.24) is 0 Å². The van der Waals surface area contributed by atoms with E-state index < -0.39 is 35.0 Å². The van der Waals surface area contributed by atoms with E-state index in [1.165, 1.54) is 9.80 Å². The van der Waals surface area contributed by atoms with Crippen LogP contribution < -0.4 is 19.3 Å². The molecular formula is C36H34N2O6. The summed E-state index contributed by atoms with van der Waals surface area (Å²) in [7, 11) is 0. The van der Waals surface area contributed by atoms with Crippen LogP contribution in [0.5, 0.6) is 11.5 Å². The largest absolute Gasteiger partial charge is 0.491 e. The lowest BCUT2D eigenvalue weighted by atomic mass is 9.45. The Morgan fingerprint density at radius 1 is 0.614 bits per heavy atom. The molecule has 2 aliphatic heterocycles. The molecule has 0 radical (unpaired) electrons. The van der Waals surface area contributed by atoms with Crippen LogP contribution in [0.25, 0.3) is 0 Å². The van der Waals surface area contributed by atoms with Gasteiger partial charge in [0, 0.05) is 11.3 Å². The summed E-state index contributed by atoms with van der Waals surface area (Å²) < 4.78 is 11.9. The van der Waals surface area contributed by atoms with E-state index in [9.17, 15) is 19.2 Å². The average Bonchev–Trinajstić information content (AvgIpc) is 3.50. The van der Waals surface area contributed by atoms with Crippen LogP contribution >= 0.6 is 0 Å². The Bertz CT molecular complexity index is 1590. The lowest BCUT2D eigenvalue weighted by Gasteiger charge is -2.53. The smallest absolute Gasteiger partial charge is 0.239 e. The number of carbonyl (C=O) groups excluding carboxylic acids is 4. The molecule has 3 aliphatic carbocycles. The summed E-state index contributed by atoms with van der Waals surface area (Å²) in [6.45, 7) is 4.84. The van der Waals surface area contributed by atoms with Crippen LogP contribution in [0.2, 0.25) is 0 Å². The van der Waals surface area contributed by atoms with Crippen LogP contribution in [0.15, 0.2) is 91.0 Å². The zero-order chi connectivity index (χ0) is 30.6. The van der Waals surface area contributed by atoms with Gasteiger partial charge < -0.3 is 9.47 Å². The summed E-state index contributed by atoms with van der Waals surface area (Å²) in [6.07, 6.45) is 5.36. The number of allylic oxidation sites excluding steroid dienone is 2. The van der Waals surface area contributed by atoms with E-state index in [0.29, 0.717) is 36.1 Å². The molecule has 2 saturated heterocycles. The second-order valence-electron chi connectivity index (χ2n) is 11.9. The number of amides is 4. The summed E-state index contributed by atoms with van der Waals surface area (Å²) in [5, 5.41) is 0. The van der Waals surface area contributed by atoms with Crippen molar-refractivity contribution in [2.45, 2.75) is 32.1 Å². The van der Waals surface area contributed by atoms with Gasteiger partial charge in [0.1, 0.15) is 11.5 Å². The van der Waals surface area contributed by atoms with E-state index in [1.54, 1.807) is 36.4 Å². The monoisotopic (exact) mass is 590 g/mol. The standard InChI is InChI=1S/C36H34N2O6/c1-3-20-43-26-16-10-8-14-24(26)37-32(39)28-23-18-19-36(30(28)34(37)41,22-12-6-5-7-13-22)31-29(23)33(40)38(35(31)42)25-15-9-11-17-27(25)44-21-4-2/h5-19,23,28-31H,3-4,20-21H2,1-2H3/t23?,28-,29+,30-,31-,36?/m1/s1. The summed E-state index contributed by atoms with van der Waals surface area (Å²) in [5.74, 6) is -4.57. The Labute approximate surface area is 256 Å². The number of hydrogen-bond donors (Lipinski definition) is 0. The van der Waals surface area contributed by atoms with Crippen LogP contribution in [0.4, 0.5) is 11.4 Å². The maximum atomic E-state index is 14.6. The van der Waals surface area contributed by atoms with Crippen molar-refractivity contribution in [2.24, 2.45) is 29.6 Å². The molecule has 224 valence electrons. The minimum absolute atomic E-state index is 0.369. The number of imide groups is 2. The SMILES string of the molecule is CCCOc1ccccc1N1C(=O)[C@@H]2C3C=CC(c4ccccc4)([C@H]2C1=O)[C@H]1C(=O)N(c2ccccc2OCCC)C(=O)[C@@H]31. The maximum Gasteiger partial charge on any atom is 0.239 e. The molecule has 2 bridgehead atoms. The maximum absolute atomic E-state index is 14.6. The molecule has 0 aromatic heterocycles. The van der Waals surface area contributed by atoms with Gasteiger partial charge in [-0.1, -0.05) is 80.6 Å². The van der Waals surface area contributed by atoms with E-state index in [2.05, 4.69) is 0 Å². The van der Waals surface area contributed by atoms with Crippen molar-refractivity contribution >= 4 is 35.0 Å². The molecule has 1 saturated carbocycles. The summed E-state index contributed by atoms with van der Waals surface area (Å²) in [5.41, 5.74) is 0.308. The lowest BCUT2D eigenvalue weighted by Crippen LogP contribution is -2.60. The molecule has 0 N–H and O–H groups in total. The molecule has 0 spiro atoms. The third kappa shape index (κ3) is 3.82. The average molecular weight is 591 g/mol. The number of benzene rings is 3. The summed E-state index contributed by atoms with van der Waals surface area (Å²) in [4.78, 5) is 60.6. The number of carbonyl (C=O) groups is 4. The van der Waals surface area contributed by atoms with Gasteiger partial charge in [-0.05, 0) is 42.7 Å². The third-order valence-corrected chi connectivity index (χ3v) is 9.56. The number of rotatable bonds is 9. The van der Waals surface area contributed by atoms with Crippen molar-refractivity contribution in [3.63, 3.8) is 0 Å². The zero-order valence-electron chi connectivity index (χ0n) is 24.7. The first-order valence-corrected chi connectivity index (χ1v) is 15.4. The van der Waals surface area contributed by atoms with Gasteiger partial charge in [0.25, 0.3) is 0 Å². The van der Waals surface area contributed by atoms with Gasteiger partial charge in [-0.15, -0.1) is 0 Å². The summed E-state index contributed by atoms with van der Waals surface area (Å²) >= 11 is 0. The Balaban J connectivity index is 1.38. The van der Waals surface area contributed by atoms with Crippen LogP contribution in [0.3, 0.4) is 0 Å². The molecule has 8 rings (SSSR count). The highest BCUT2D eigenvalue weighted by Crippen LogP contribution is 2.65. The Kier molecular flexibility index (Phi) is 6.87. The molecule has 44 heavy (non-hydrogen) atoms. The van der Waals surface area contributed by atoms with Gasteiger partial charge in [0.15, 0.2) is 0 Å². The minimum Gasteiger partial charge on any atom is -0.491 e. The quantitative estimate of drug-likeness (QED) is 0.248. The van der Waals surface area contributed by atoms with Crippen LogP contribution in [0.1, 0.15) is 32.3 Å². The molecule has 8 heteroatoms. The zero-order valence-corrected chi connectivity index (χ0v) is 24.7.